The summed E-state index contributed by atoms with van der Waals surface area (Å²) in [5.41, 5.74) is 1.55. The van der Waals surface area contributed by atoms with Crippen LogP contribution in [-0.4, -0.2) is 144 Å². The third-order valence-corrected chi connectivity index (χ3v) is 30.3. The van der Waals surface area contributed by atoms with Gasteiger partial charge in [-0.2, -0.15) is 0 Å². The number of benzene rings is 3. The van der Waals surface area contributed by atoms with Crippen LogP contribution in [-0.2, 0) is 100.0 Å². The monoisotopic (exact) mass is 1900 g/mol. The average Bonchev–Trinajstić information content (AvgIpc) is 1.58. The van der Waals surface area contributed by atoms with Crippen molar-refractivity contribution in [3.05, 3.63) is 89.5 Å². The van der Waals surface area contributed by atoms with Gasteiger partial charge in [0.25, 0.3) is 0 Å². The number of esters is 9. The van der Waals surface area contributed by atoms with E-state index in [2.05, 4.69) is 62.3 Å². The molecular formula is C111H178O24. The van der Waals surface area contributed by atoms with Crippen molar-refractivity contribution in [1.29, 1.82) is 0 Å². The summed E-state index contributed by atoms with van der Waals surface area (Å²) < 4.78 is 65.6. The minimum Gasteiger partial charge on any atom is -0.508 e. The van der Waals surface area contributed by atoms with Crippen LogP contribution in [0.3, 0.4) is 0 Å². The zero-order chi connectivity index (χ0) is 102. The van der Waals surface area contributed by atoms with E-state index < -0.39 is 45.4 Å². The van der Waals surface area contributed by atoms with E-state index >= 15 is 0 Å². The summed E-state index contributed by atoms with van der Waals surface area (Å²) in [6.07, 6.45) is 18.4. The van der Waals surface area contributed by atoms with Crippen LogP contribution in [0.5, 0.6) is 17.2 Å². The molecule has 3 aromatic rings. The van der Waals surface area contributed by atoms with Crippen LogP contribution >= 0.6 is 0 Å². The van der Waals surface area contributed by atoms with E-state index in [1.54, 1.807) is 57.4 Å². The first kappa shape index (κ1) is 118. The van der Waals surface area contributed by atoms with Crippen molar-refractivity contribution >= 4 is 53.7 Å². The molecule has 3 aliphatic heterocycles. The number of fused-ring (bicyclic) bond motifs is 3. The zero-order valence-corrected chi connectivity index (χ0v) is 88.9. The topological polar surface area (TPSA) is 325 Å². The fourth-order valence-electron chi connectivity index (χ4n) is 17.6. The van der Waals surface area contributed by atoms with E-state index in [1.165, 1.54) is 43.1 Å². The first-order valence-electron chi connectivity index (χ1n) is 50.7. The lowest BCUT2D eigenvalue weighted by Crippen LogP contribution is -2.39. The van der Waals surface area contributed by atoms with Gasteiger partial charge in [0.05, 0.1) is 56.9 Å². The Labute approximate surface area is 811 Å². The van der Waals surface area contributed by atoms with Crippen LogP contribution in [0.25, 0.3) is 0 Å². The van der Waals surface area contributed by atoms with Crippen molar-refractivity contribution in [2.75, 3.05) is 14.2 Å². The van der Waals surface area contributed by atoms with Crippen molar-refractivity contribution in [2.45, 2.75) is 428 Å². The number of phenols is 3. The molecule has 24 nitrogen and oxygen atoms in total. The van der Waals surface area contributed by atoms with E-state index in [1.807, 2.05) is 175 Å². The summed E-state index contributed by atoms with van der Waals surface area (Å²) in [5.74, 6) is 2.73. The van der Waals surface area contributed by atoms with Crippen LogP contribution in [0.2, 0.25) is 0 Å². The maximum Gasteiger partial charge on any atom is 0.313 e. The van der Waals surface area contributed by atoms with Gasteiger partial charge in [0.1, 0.15) is 53.9 Å². The second kappa shape index (κ2) is 51.4. The number of carbonyl (C=O) groups is 9. The summed E-state index contributed by atoms with van der Waals surface area (Å²) in [6.45, 7) is 61.6. The Morgan fingerprint density at radius 1 is 0.393 bits per heavy atom. The molecule has 3 N–H and O–H groups in total. The zero-order valence-electron chi connectivity index (χ0n) is 88.9. The van der Waals surface area contributed by atoms with Gasteiger partial charge in [-0.3, -0.25) is 43.2 Å². The third kappa shape index (κ3) is 33.7. The lowest BCUT2D eigenvalue weighted by atomic mass is 9.87. The molecule has 7 aliphatic carbocycles. The summed E-state index contributed by atoms with van der Waals surface area (Å²) in [5, 5.41) is 27.0. The predicted molar refractivity (Wildman–Crippen MR) is 524 cm³/mol. The van der Waals surface area contributed by atoms with Gasteiger partial charge >= 0.3 is 53.7 Å². The number of aromatic hydroxyl groups is 3. The van der Waals surface area contributed by atoms with E-state index in [4.69, 9.17) is 72.2 Å². The maximum atomic E-state index is 12.3. The molecule has 10 aliphatic rings. The van der Waals surface area contributed by atoms with Crippen molar-refractivity contribution in [2.24, 2.45) is 97.1 Å². The molecule has 7 saturated carbocycles. The Morgan fingerprint density at radius 2 is 0.689 bits per heavy atom. The van der Waals surface area contributed by atoms with Crippen molar-refractivity contribution < 1.29 is 115 Å². The highest BCUT2D eigenvalue weighted by atomic mass is 16.7. The summed E-state index contributed by atoms with van der Waals surface area (Å²) in [6, 6.07) is 22.3. The van der Waals surface area contributed by atoms with Crippen LogP contribution in [0, 0.1) is 97.1 Å². The maximum absolute atomic E-state index is 12.3. The molecule has 3 heterocycles. The quantitative estimate of drug-likeness (QED) is 0.0330. The molecule has 10 fully saturated rings. The largest absolute Gasteiger partial charge is 0.508 e. The molecule has 6 bridgehead atoms. The van der Waals surface area contributed by atoms with Gasteiger partial charge in [-0.25, -0.2) is 0 Å². The minimum absolute atomic E-state index is 0.0602. The van der Waals surface area contributed by atoms with Crippen LogP contribution < -0.4 is 0 Å². The molecule has 21 unspecified atom stereocenters. The van der Waals surface area contributed by atoms with E-state index in [9.17, 15) is 43.2 Å². The first-order chi connectivity index (χ1) is 62.7. The molecule has 0 spiro atoms. The Balaban J connectivity index is 0.000000271. The highest BCUT2D eigenvalue weighted by molar-refractivity contribution is 5.81. The van der Waals surface area contributed by atoms with E-state index in [0.29, 0.717) is 70.5 Å². The lowest BCUT2D eigenvalue weighted by Gasteiger charge is -2.33. The Hall–Kier alpha value is -7.83. The fraction of sp³-hybridized carbons (Fsp3) is 0.757. The van der Waals surface area contributed by atoms with Gasteiger partial charge in [-0.15, -0.1) is 0 Å². The van der Waals surface area contributed by atoms with Crippen LogP contribution in [0.4, 0.5) is 0 Å². The molecular weight excluding hydrogens is 1720 g/mol. The SMILES string of the molecule is CCC(C)(C)C(=O)OC(C)(C)OC.CCC(C)(C)C(=O)OC(CC(C)(C)C)OC1CCCCC1.CCC(C)(C)C(=O)OC1C2CC3C(=O)OC1C3C2.CCC(C)(C)C(=O)OC1C2CC3C(=O)OC1C3C2.CCC(C)(C)C(=O)OC1C2CC3C(=O)OC1C3C2.CCC(C)C(=O)OC(OC)C(C)(C)C.CCC(C)c1ccc(O)cc1.CCC(C)c1ccc(O)cc1.CCC(C)c1ccc(O)cc1. The molecule has 0 amide bonds. The van der Waals surface area contributed by atoms with Gasteiger partial charge in [0.2, 0.25) is 18.4 Å². The minimum atomic E-state index is -0.830. The molecule has 0 radical (unpaired) electrons. The summed E-state index contributed by atoms with van der Waals surface area (Å²) >= 11 is 0. The number of methoxy groups -OCH3 is 2. The van der Waals surface area contributed by atoms with Crippen LogP contribution in [0.1, 0.15) is 384 Å². The number of hydrogen-bond donors (Lipinski definition) is 3. The molecule has 766 valence electrons. The van der Waals surface area contributed by atoms with Crippen molar-refractivity contribution in [3.63, 3.8) is 0 Å². The molecule has 0 aromatic heterocycles. The molecule has 13 rings (SSSR count). The van der Waals surface area contributed by atoms with Gasteiger partial charge < -0.3 is 72.2 Å². The normalized spacial score (nSPS) is 25.5. The lowest BCUT2D eigenvalue weighted by molar-refractivity contribution is -0.214. The highest BCUT2D eigenvalue weighted by Crippen LogP contribution is 2.59. The highest BCUT2D eigenvalue weighted by Gasteiger charge is 2.66. The van der Waals surface area contributed by atoms with E-state index in [-0.39, 0.29) is 131 Å². The Bertz CT molecular complexity index is 3890. The van der Waals surface area contributed by atoms with Gasteiger partial charge in [0.15, 0.2) is 0 Å². The van der Waals surface area contributed by atoms with E-state index in [0.717, 1.165) is 116 Å². The van der Waals surface area contributed by atoms with Crippen molar-refractivity contribution in [1.82, 2.24) is 0 Å². The standard InChI is InChI=1S/C18H34O3.3C14H20O4.C11H22O3.C10H20O3.3C10H14O/c1-7-18(5,6)16(19)21-15(13-17(2,3)4)20-14-11-9-8-10-12-14;3*1-4-14(2,3)13(16)18-10-7-5-8-9(6-7)12(15)17-11(8)10;1-7-8(2)9(12)14-10(13-6)11(3,4)5;1-7-9(2,3)8(11)13-10(4,5)12-6;3*1-3-8(2)9-4-6-10(11)7-5-9/h14-15H,7-13H2,1-6H3;3*7-11H,4-6H2,1-3H3;8,10H,7H2,1-6H3;7H2,1-6H3;3*4-8,11H,3H2,1-2H3. The number of rotatable bonds is 29. The average molecular weight is 1900 g/mol. The van der Waals surface area contributed by atoms with Gasteiger partial charge in [-0.05, 0) is 255 Å². The molecule has 3 aromatic carbocycles. The smallest absolute Gasteiger partial charge is 0.313 e. The summed E-state index contributed by atoms with van der Waals surface area (Å²) in [4.78, 5) is 107. The number of carbonyl (C=O) groups excluding carboxylic acids is 9. The fourth-order valence-corrected chi connectivity index (χ4v) is 17.6. The molecule has 135 heavy (non-hydrogen) atoms. The Morgan fingerprint density at radius 3 is 0.948 bits per heavy atom. The Kier molecular flexibility index (Phi) is 44.8. The molecule has 21 atom stereocenters. The first-order valence-corrected chi connectivity index (χ1v) is 50.7. The number of hydrogen-bond acceptors (Lipinski definition) is 24. The third-order valence-electron chi connectivity index (χ3n) is 30.3. The molecule has 24 heteroatoms. The van der Waals surface area contributed by atoms with Gasteiger partial charge in [-0.1, -0.05) is 187 Å². The number of ether oxygens (including phenoxy) is 12. The van der Waals surface area contributed by atoms with Gasteiger partial charge in [0, 0.05) is 75.4 Å². The second-order valence-electron chi connectivity index (χ2n) is 45.4. The predicted octanol–water partition coefficient (Wildman–Crippen LogP) is 24.5. The second-order valence-corrected chi connectivity index (χ2v) is 45.4. The molecule has 3 saturated heterocycles. The number of phenolic OH excluding ortho intramolecular Hbond substituents is 3. The van der Waals surface area contributed by atoms with Crippen LogP contribution in [0.15, 0.2) is 72.8 Å². The summed E-state index contributed by atoms with van der Waals surface area (Å²) in [7, 11) is 3.08. The van der Waals surface area contributed by atoms with Crippen molar-refractivity contribution in [3.8, 4) is 17.2 Å².